The van der Waals surface area contributed by atoms with E-state index in [9.17, 15) is 0 Å². The van der Waals surface area contributed by atoms with Gasteiger partial charge in [-0.3, -0.25) is 0 Å². The fourth-order valence-corrected chi connectivity index (χ4v) is 3.31. The smallest absolute Gasteiger partial charge is 0.0625 e. The summed E-state index contributed by atoms with van der Waals surface area (Å²) in [7, 11) is 0. The van der Waals surface area contributed by atoms with Crippen molar-refractivity contribution < 1.29 is 0 Å². The molecule has 16 heavy (non-hydrogen) atoms. The third-order valence-electron chi connectivity index (χ3n) is 4.39. The number of rotatable bonds is 2. The molecule has 1 nitrogen and oxygen atoms in total. The maximum Gasteiger partial charge on any atom is 0.0625 e. The van der Waals surface area contributed by atoms with E-state index in [1.165, 1.54) is 31.5 Å². The van der Waals surface area contributed by atoms with Gasteiger partial charge in [0.25, 0.3) is 0 Å². The number of likely N-dealkylation sites (tertiary alicyclic amines) is 1. The lowest BCUT2D eigenvalue weighted by molar-refractivity contribution is 0.0427. The lowest BCUT2D eigenvalue weighted by Gasteiger charge is -2.52. The molecule has 0 spiro atoms. The number of piperidine rings is 1. The van der Waals surface area contributed by atoms with Crippen molar-refractivity contribution in [3.8, 4) is 0 Å². The second kappa shape index (κ2) is 4.67. The Kier molecular flexibility index (Phi) is 3.91. The molecule has 0 aromatic carbocycles. The van der Waals surface area contributed by atoms with Crippen LogP contribution in [0, 0.1) is 10.8 Å². The molecule has 0 bridgehead atoms. The predicted octanol–water partition coefficient (Wildman–Crippen LogP) is 4.21. The molecule has 0 unspecified atom stereocenters. The summed E-state index contributed by atoms with van der Waals surface area (Å²) >= 11 is 0. The average Bonchev–Trinajstić information content (AvgIpc) is 2.25. The van der Waals surface area contributed by atoms with Crippen molar-refractivity contribution in [1.29, 1.82) is 0 Å². The molecule has 1 heteroatoms. The largest absolute Gasteiger partial charge is 0.368 e. The molecule has 1 saturated heterocycles. The van der Waals surface area contributed by atoms with Crippen molar-refractivity contribution in [2.75, 3.05) is 13.1 Å². The first kappa shape index (κ1) is 13.4. The monoisotopic (exact) mass is 221 g/mol. The van der Waals surface area contributed by atoms with Crippen LogP contribution in [0.3, 0.4) is 0 Å². The summed E-state index contributed by atoms with van der Waals surface area (Å²) in [5.41, 5.74) is 5.16. The Hall–Kier alpha value is -0.680. The van der Waals surface area contributed by atoms with Crippen LogP contribution in [0.1, 0.15) is 53.9 Å². The van der Waals surface area contributed by atoms with Gasteiger partial charge in [0.1, 0.15) is 0 Å². The molecular formula is C15H27N. The Morgan fingerprint density at radius 2 is 2.00 bits per heavy atom. The van der Waals surface area contributed by atoms with Gasteiger partial charge in [0.2, 0.25) is 0 Å². The third-order valence-corrected chi connectivity index (χ3v) is 4.39. The second-order valence-corrected chi connectivity index (χ2v) is 5.89. The highest BCUT2D eigenvalue weighted by atomic mass is 15.2. The Labute approximate surface area is 101 Å². The van der Waals surface area contributed by atoms with Crippen LogP contribution in [0.4, 0.5) is 0 Å². The van der Waals surface area contributed by atoms with Crippen molar-refractivity contribution in [3.63, 3.8) is 0 Å². The van der Waals surface area contributed by atoms with Crippen molar-refractivity contribution in [1.82, 2.24) is 4.90 Å². The first-order valence-corrected chi connectivity index (χ1v) is 6.58. The van der Waals surface area contributed by atoms with E-state index in [1.54, 1.807) is 0 Å². The molecule has 1 fully saturated rings. The molecule has 0 aliphatic carbocycles. The van der Waals surface area contributed by atoms with Gasteiger partial charge in [-0.15, -0.1) is 5.73 Å². The van der Waals surface area contributed by atoms with Gasteiger partial charge in [-0.25, -0.2) is 0 Å². The average molecular weight is 221 g/mol. The van der Waals surface area contributed by atoms with Gasteiger partial charge >= 0.3 is 0 Å². The lowest BCUT2D eigenvalue weighted by Crippen LogP contribution is -2.47. The van der Waals surface area contributed by atoms with Gasteiger partial charge in [0, 0.05) is 18.5 Å². The zero-order valence-corrected chi connectivity index (χ0v) is 11.7. The van der Waals surface area contributed by atoms with E-state index in [-0.39, 0.29) is 10.8 Å². The fraction of sp³-hybridized carbons (Fsp3) is 0.800. The molecule has 1 rings (SSSR count). The number of hydrogen-bond acceptors (Lipinski definition) is 1. The van der Waals surface area contributed by atoms with Gasteiger partial charge in [0.05, 0.1) is 5.70 Å². The minimum atomic E-state index is 0.267. The molecule has 1 atom stereocenters. The highest BCUT2D eigenvalue weighted by Gasteiger charge is 2.46. The number of nitrogens with zero attached hydrogens (tertiary/aromatic N) is 1. The number of hydrogen-bond donors (Lipinski definition) is 0. The van der Waals surface area contributed by atoms with E-state index < -0.39 is 0 Å². The summed E-state index contributed by atoms with van der Waals surface area (Å²) < 4.78 is 0. The van der Waals surface area contributed by atoms with Crippen LogP contribution in [-0.2, 0) is 0 Å². The van der Waals surface area contributed by atoms with Gasteiger partial charge in [-0.2, -0.15) is 0 Å². The van der Waals surface area contributed by atoms with Gasteiger partial charge < -0.3 is 4.90 Å². The molecular weight excluding hydrogens is 194 g/mol. The van der Waals surface area contributed by atoms with Crippen LogP contribution in [0.25, 0.3) is 0 Å². The van der Waals surface area contributed by atoms with Crippen molar-refractivity contribution in [2.24, 2.45) is 10.8 Å². The highest BCUT2D eigenvalue weighted by molar-refractivity contribution is 5.18. The van der Waals surface area contributed by atoms with Crippen molar-refractivity contribution in [2.45, 2.75) is 53.9 Å². The second-order valence-electron chi connectivity index (χ2n) is 5.89. The van der Waals surface area contributed by atoms with Gasteiger partial charge in [0.15, 0.2) is 0 Å². The SMILES string of the molecule is C=C=C1N(CC)CCC[C@@]1(CC)C(C)(C)C. The van der Waals surface area contributed by atoms with E-state index in [2.05, 4.69) is 51.8 Å². The van der Waals surface area contributed by atoms with Crippen LogP contribution in [0.15, 0.2) is 18.0 Å². The Balaban J connectivity index is 3.22. The maximum absolute atomic E-state index is 3.94. The van der Waals surface area contributed by atoms with Crippen LogP contribution in [-0.4, -0.2) is 18.0 Å². The zero-order valence-electron chi connectivity index (χ0n) is 11.7. The normalized spacial score (nSPS) is 26.8. The minimum Gasteiger partial charge on any atom is -0.368 e. The Bertz CT molecular complexity index is 291. The molecule has 0 aromatic heterocycles. The topological polar surface area (TPSA) is 3.24 Å². The van der Waals surface area contributed by atoms with E-state index in [1.807, 2.05) is 0 Å². The first-order valence-electron chi connectivity index (χ1n) is 6.58. The van der Waals surface area contributed by atoms with Crippen molar-refractivity contribution in [3.05, 3.63) is 18.0 Å². The summed E-state index contributed by atoms with van der Waals surface area (Å²) in [5.74, 6) is 0. The summed E-state index contributed by atoms with van der Waals surface area (Å²) in [6.07, 6.45) is 3.76. The van der Waals surface area contributed by atoms with Crippen LogP contribution < -0.4 is 0 Å². The lowest BCUT2D eigenvalue weighted by atomic mass is 9.59. The van der Waals surface area contributed by atoms with Gasteiger partial charge in [-0.05, 0) is 31.6 Å². The summed E-state index contributed by atoms with van der Waals surface area (Å²) in [6, 6.07) is 0. The Morgan fingerprint density at radius 1 is 1.38 bits per heavy atom. The molecule has 0 saturated carbocycles. The summed E-state index contributed by atoms with van der Waals surface area (Å²) in [4.78, 5) is 2.46. The molecule has 1 heterocycles. The molecule has 0 N–H and O–H groups in total. The van der Waals surface area contributed by atoms with E-state index in [0.29, 0.717) is 0 Å². The molecule has 0 aromatic rings. The zero-order chi connectivity index (χ0) is 12.4. The molecule has 0 radical (unpaired) electrons. The number of allylic oxidation sites excluding steroid dienone is 1. The molecule has 1 aliphatic heterocycles. The third kappa shape index (κ3) is 1.94. The van der Waals surface area contributed by atoms with E-state index in [4.69, 9.17) is 0 Å². The van der Waals surface area contributed by atoms with E-state index >= 15 is 0 Å². The predicted molar refractivity (Wildman–Crippen MR) is 71.3 cm³/mol. The summed E-state index contributed by atoms with van der Waals surface area (Å²) in [5, 5.41) is 0. The summed E-state index contributed by atoms with van der Waals surface area (Å²) in [6.45, 7) is 17.8. The van der Waals surface area contributed by atoms with Crippen LogP contribution >= 0.6 is 0 Å². The first-order chi connectivity index (χ1) is 7.43. The molecule has 0 amide bonds. The molecule has 1 aliphatic rings. The highest BCUT2D eigenvalue weighted by Crippen LogP contribution is 2.53. The fourth-order valence-electron chi connectivity index (χ4n) is 3.31. The minimum absolute atomic E-state index is 0.267. The standard InChI is InChI=1S/C15H27N/c1-7-13-15(8-2,14(4,5)6)11-10-12-16(13)9-3/h1,8-12H2,2-6H3/t15-/m1/s1. The Morgan fingerprint density at radius 3 is 2.38 bits per heavy atom. The molecule has 92 valence electrons. The van der Waals surface area contributed by atoms with Crippen molar-refractivity contribution >= 4 is 0 Å². The quantitative estimate of drug-likeness (QED) is 0.631. The van der Waals surface area contributed by atoms with Crippen LogP contribution in [0.5, 0.6) is 0 Å². The van der Waals surface area contributed by atoms with Crippen LogP contribution in [0.2, 0.25) is 0 Å². The maximum atomic E-state index is 3.94. The van der Waals surface area contributed by atoms with Gasteiger partial charge in [-0.1, -0.05) is 34.3 Å². The van der Waals surface area contributed by atoms with E-state index in [0.717, 1.165) is 6.54 Å².